The number of carbonyl (C=O) groups is 3. The number of benzene rings is 2. The maximum absolute atomic E-state index is 13.6. The molecule has 0 fully saturated rings. The van der Waals surface area contributed by atoms with Crippen LogP contribution < -0.4 is 25.4 Å². The van der Waals surface area contributed by atoms with E-state index in [1.54, 1.807) is 24.3 Å². The lowest BCUT2D eigenvalue weighted by molar-refractivity contribution is -0.123. The van der Waals surface area contributed by atoms with E-state index in [4.69, 9.17) is 13.9 Å². The van der Waals surface area contributed by atoms with E-state index in [9.17, 15) is 14.4 Å². The molecular weight excluding hydrogens is 536 g/mol. The molecule has 2 aromatic carbocycles. The Hall–Kier alpha value is -4.31. The van der Waals surface area contributed by atoms with E-state index in [2.05, 4.69) is 34.7 Å². The molecule has 0 saturated heterocycles. The van der Waals surface area contributed by atoms with Crippen LogP contribution in [0.3, 0.4) is 0 Å². The maximum Gasteiger partial charge on any atom is 0.255 e. The number of hydrogen-bond acceptors (Lipinski definition) is 7. The van der Waals surface area contributed by atoms with Crippen molar-refractivity contribution in [3.63, 3.8) is 0 Å². The SMILES string of the molecule is CCN(CC)Cc1cc(C(=O)N[C@H]2CCCCNC(=O)c3ccc(OC)cc3OCCNC2=O)c(-c2ccccc2)o1. The molecule has 0 radical (unpaired) electrons. The minimum absolute atomic E-state index is 0.133. The lowest BCUT2D eigenvalue weighted by Crippen LogP contribution is -2.47. The van der Waals surface area contributed by atoms with E-state index in [-0.39, 0.29) is 30.9 Å². The summed E-state index contributed by atoms with van der Waals surface area (Å²) in [5, 5.41) is 8.72. The lowest BCUT2D eigenvalue weighted by atomic mass is 10.1. The van der Waals surface area contributed by atoms with Crippen LogP contribution in [-0.4, -0.2) is 68.6 Å². The van der Waals surface area contributed by atoms with E-state index in [1.807, 2.05) is 30.3 Å². The molecule has 0 spiro atoms. The molecule has 3 amide bonds. The monoisotopic (exact) mass is 576 g/mol. The Morgan fingerprint density at radius 1 is 1.02 bits per heavy atom. The number of hydrogen-bond donors (Lipinski definition) is 3. The van der Waals surface area contributed by atoms with Gasteiger partial charge in [0.2, 0.25) is 5.91 Å². The molecule has 10 heteroatoms. The zero-order valence-electron chi connectivity index (χ0n) is 24.5. The van der Waals surface area contributed by atoms with Gasteiger partial charge in [-0.05, 0) is 50.6 Å². The fraction of sp³-hybridized carbons (Fsp3) is 0.406. The summed E-state index contributed by atoms with van der Waals surface area (Å²) in [5.41, 5.74) is 1.57. The Morgan fingerprint density at radius 2 is 1.81 bits per heavy atom. The second kappa shape index (κ2) is 15.1. The zero-order valence-corrected chi connectivity index (χ0v) is 24.5. The number of furan rings is 1. The summed E-state index contributed by atoms with van der Waals surface area (Å²) in [5.74, 6) is 1.17. The normalized spacial score (nSPS) is 16.4. The van der Waals surface area contributed by atoms with E-state index < -0.39 is 6.04 Å². The summed E-state index contributed by atoms with van der Waals surface area (Å²) in [7, 11) is 1.54. The molecule has 3 N–H and O–H groups in total. The van der Waals surface area contributed by atoms with Crippen LogP contribution in [0.1, 0.15) is 59.6 Å². The highest BCUT2D eigenvalue weighted by Gasteiger charge is 2.26. The number of carbonyl (C=O) groups excluding carboxylic acids is 3. The molecule has 0 unspecified atom stereocenters. The first-order valence-electron chi connectivity index (χ1n) is 14.5. The minimum Gasteiger partial charge on any atom is -0.497 e. The van der Waals surface area contributed by atoms with E-state index >= 15 is 0 Å². The number of nitrogens with zero attached hydrogens (tertiary/aromatic N) is 1. The van der Waals surface area contributed by atoms with Gasteiger partial charge < -0.3 is 29.8 Å². The van der Waals surface area contributed by atoms with Crippen LogP contribution in [0.5, 0.6) is 11.5 Å². The first-order chi connectivity index (χ1) is 20.4. The van der Waals surface area contributed by atoms with E-state index in [0.29, 0.717) is 66.5 Å². The predicted molar refractivity (Wildman–Crippen MR) is 160 cm³/mol. The second-order valence-electron chi connectivity index (χ2n) is 10.1. The Morgan fingerprint density at radius 3 is 2.55 bits per heavy atom. The van der Waals surface area contributed by atoms with Crippen molar-refractivity contribution in [2.45, 2.75) is 45.7 Å². The zero-order chi connectivity index (χ0) is 29.9. The van der Waals surface area contributed by atoms with Crippen molar-refractivity contribution in [2.24, 2.45) is 0 Å². The molecule has 0 aliphatic carbocycles. The molecule has 0 bridgehead atoms. The van der Waals surface area contributed by atoms with Crippen LogP contribution >= 0.6 is 0 Å². The summed E-state index contributed by atoms with van der Waals surface area (Å²) >= 11 is 0. The molecule has 224 valence electrons. The van der Waals surface area contributed by atoms with Crippen molar-refractivity contribution in [3.05, 3.63) is 71.5 Å². The molecule has 1 aliphatic heterocycles. The quantitative estimate of drug-likeness (QED) is 0.371. The van der Waals surface area contributed by atoms with Gasteiger partial charge in [-0.2, -0.15) is 0 Å². The highest BCUT2D eigenvalue weighted by atomic mass is 16.5. The topological polar surface area (TPSA) is 122 Å². The van der Waals surface area contributed by atoms with Crippen LogP contribution in [0.2, 0.25) is 0 Å². The average molecular weight is 577 g/mol. The summed E-state index contributed by atoms with van der Waals surface area (Å²) in [6.07, 6.45) is 1.66. The fourth-order valence-corrected chi connectivity index (χ4v) is 4.83. The molecule has 1 atom stereocenters. The smallest absolute Gasteiger partial charge is 0.255 e. The van der Waals surface area contributed by atoms with Crippen LogP contribution in [-0.2, 0) is 11.3 Å². The van der Waals surface area contributed by atoms with Gasteiger partial charge in [0.25, 0.3) is 11.8 Å². The molecule has 1 aromatic heterocycles. The molecular formula is C32H40N4O6. The van der Waals surface area contributed by atoms with E-state index in [0.717, 1.165) is 18.7 Å². The van der Waals surface area contributed by atoms with Crippen molar-refractivity contribution in [2.75, 3.05) is 39.9 Å². The minimum atomic E-state index is -0.770. The number of nitrogens with one attached hydrogen (secondary N) is 3. The van der Waals surface area contributed by atoms with Gasteiger partial charge >= 0.3 is 0 Å². The first kappa shape index (κ1) is 30.6. The molecule has 10 nitrogen and oxygen atoms in total. The van der Waals surface area contributed by atoms with Gasteiger partial charge in [-0.15, -0.1) is 0 Å². The Balaban J connectivity index is 1.50. The summed E-state index contributed by atoms with van der Waals surface area (Å²) in [6, 6.07) is 15.5. The van der Waals surface area contributed by atoms with Gasteiger partial charge in [0, 0.05) is 18.2 Å². The molecule has 0 saturated carbocycles. The van der Waals surface area contributed by atoms with Gasteiger partial charge in [0.15, 0.2) is 0 Å². The van der Waals surface area contributed by atoms with Crippen LogP contribution in [0, 0.1) is 0 Å². The molecule has 42 heavy (non-hydrogen) atoms. The van der Waals surface area contributed by atoms with Crippen molar-refractivity contribution >= 4 is 17.7 Å². The van der Waals surface area contributed by atoms with Crippen LogP contribution in [0.25, 0.3) is 11.3 Å². The third kappa shape index (κ3) is 7.91. The largest absolute Gasteiger partial charge is 0.497 e. The second-order valence-corrected chi connectivity index (χ2v) is 10.1. The Bertz CT molecular complexity index is 1350. The lowest BCUT2D eigenvalue weighted by Gasteiger charge is -2.20. The number of amides is 3. The Kier molecular flexibility index (Phi) is 11.0. The average Bonchev–Trinajstić information content (AvgIpc) is 3.45. The van der Waals surface area contributed by atoms with Crippen LogP contribution in [0.15, 0.2) is 59.0 Å². The number of ether oxygens (including phenoxy) is 2. The van der Waals surface area contributed by atoms with Gasteiger partial charge in [-0.25, -0.2) is 0 Å². The van der Waals surface area contributed by atoms with Crippen molar-refractivity contribution in [3.8, 4) is 22.8 Å². The van der Waals surface area contributed by atoms with Crippen molar-refractivity contribution in [1.29, 1.82) is 0 Å². The highest BCUT2D eigenvalue weighted by Crippen LogP contribution is 2.29. The summed E-state index contributed by atoms with van der Waals surface area (Å²) < 4.78 is 17.3. The molecule has 1 aliphatic rings. The van der Waals surface area contributed by atoms with Crippen molar-refractivity contribution in [1.82, 2.24) is 20.9 Å². The van der Waals surface area contributed by atoms with Gasteiger partial charge in [-0.1, -0.05) is 44.2 Å². The standard InChI is InChI=1S/C32H40N4O6/c1-4-36(5-2)21-24-19-26(29(42-24)22-11-7-6-8-12-22)31(38)35-27-13-9-10-16-33-30(37)25-15-14-23(40-3)20-28(25)41-18-17-34-32(27)39/h6-8,11-12,14-15,19-20,27H,4-5,9-10,13,16-18,21H2,1-3H3,(H,33,37)(H,34,39)(H,35,38)/t27-/m0/s1. The van der Waals surface area contributed by atoms with Gasteiger partial charge in [0.1, 0.15) is 35.7 Å². The third-order valence-corrected chi connectivity index (χ3v) is 7.26. The first-order valence-corrected chi connectivity index (χ1v) is 14.5. The number of rotatable bonds is 8. The molecule has 4 rings (SSSR count). The summed E-state index contributed by atoms with van der Waals surface area (Å²) in [6.45, 7) is 7.18. The maximum atomic E-state index is 13.6. The van der Waals surface area contributed by atoms with Crippen molar-refractivity contribution < 1.29 is 28.3 Å². The van der Waals surface area contributed by atoms with Crippen LogP contribution in [0.4, 0.5) is 0 Å². The third-order valence-electron chi connectivity index (χ3n) is 7.26. The van der Waals surface area contributed by atoms with Gasteiger partial charge in [0.05, 0.1) is 31.3 Å². The Labute approximate surface area is 246 Å². The van der Waals surface area contributed by atoms with E-state index in [1.165, 1.54) is 7.11 Å². The number of fused-ring (bicyclic) bond motifs is 1. The highest BCUT2D eigenvalue weighted by molar-refractivity contribution is 6.02. The summed E-state index contributed by atoms with van der Waals surface area (Å²) in [4.78, 5) is 41.9. The van der Waals surface area contributed by atoms with Gasteiger partial charge in [-0.3, -0.25) is 19.3 Å². The number of methoxy groups -OCH3 is 1. The fourth-order valence-electron chi connectivity index (χ4n) is 4.83. The molecule has 2 heterocycles. The predicted octanol–water partition coefficient (Wildman–Crippen LogP) is 4.00. The molecule has 3 aromatic rings.